The topological polar surface area (TPSA) is 81.6 Å². The lowest BCUT2D eigenvalue weighted by molar-refractivity contribution is -0.114. The van der Waals surface area contributed by atoms with E-state index in [9.17, 15) is 4.79 Å². The lowest BCUT2D eigenvalue weighted by atomic mass is 10.0. The Hall–Kier alpha value is -2.79. The van der Waals surface area contributed by atoms with Crippen LogP contribution in [0.4, 0.5) is 11.4 Å². The number of aryl methyl sites for hydroxylation is 1. The van der Waals surface area contributed by atoms with Gasteiger partial charge in [-0.2, -0.15) is 0 Å². The molecule has 0 atom stereocenters. The predicted octanol–water partition coefficient (Wildman–Crippen LogP) is 3.50. The number of ether oxygens (including phenoxy) is 1. The molecule has 0 aromatic heterocycles. The van der Waals surface area contributed by atoms with E-state index in [4.69, 9.17) is 16.3 Å². The molecule has 5 nitrogen and oxygen atoms in total. The second-order valence-electron chi connectivity index (χ2n) is 6.13. The van der Waals surface area contributed by atoms with Gasteiger partial charge >= 0.3 is 0 Å². The summed E-state index contributed by atoms with van der Waals surface area (Å²) >= 11 is 0. The van der Waals surface area contributed by atoms with Crippen molar-refractivity contribution >= 4 is 23.2 Å². The van der Waals surface area contributed by atoms with Crippen LogP contribution in [-0.2, 0) is 11.2 Å². The highest BCUT2D eigenvalue weighted by molar-refractivity contribution is 5.94. The van der Waals surface area contributed by atoms with Gasteiger partial charge < -0.3 is 15.5 Å². The van der Waals surface area contributed by atoms with Gasteiger partial charge in [0.25, 0.3) is 0 Å². The van der Waals surface area contributed by atoms with E-state index in [0.29, 0.717) is 30.1 Å². The molecule has 26 heavy (non-hydrogen) atoms. The quantitative estimate of drug-likeness (QED) is 0.328. The van der Waals surface area contributed by atoms with E-state index < -0.39 is 0 Å². The molecule has 0 fully saturated rings. The number of hydrogen-bond donors (Lipinski definition) is 2. The maximum Gasteiger partial charge on any atom is 0.156 e. The van der Waals surface area contributed by atoms with Gasteiger partial charge in [0, 0.05) is 13.0 Å². The first-order chi connectivity index (χ1) is 12.5. The highest BCUT2D eigenvalue weighted by Crippen LogP contribution is 2.38. The van der Waals surface area contributed by atoms with Gasteiger partial charge in [0.15, 0.2) is 5.78 Å². The molecule has 2 aromatic rings. The Bertz CT molecular complexity index is 786. The first kappa shape index (κ1) is 19.5. The molecule has 0 saturated heterocycles. The number of hydrazine groups is 1. The fourth-order valence-electron chi connectivity index (χ4n) is 2.75. The average molecular weight is 353 g/mol. The molecule has 0 aliphatic carbocycles. The third-order valence-electron chi connectivity index (χ3n) is 4.41. The number of anilines is 2. The third kappa shape index (κ3) is 4.64. The minimum atomic E-state index is 0.0730. The van der Waals surface area contributed by atoms with Crippen LogP contribution < -0.4 is 21.3 Å². The van der Waals surface area contributed by atoms with Crippen LogP contribution in [0, 0.1) is 6.92 Å². The molecule has 0 bridgehead atoms. The van der Waals surface area contributed by atoms with Crippen molar-refractivity contribution in [3.05, 3.63) is 59.2 Å². The number of hydrogen-bond acceptors (Lipinski definition) is 5. The first-order valence-electron chi connectivity index (χ1n) is 8.72. The van der Waals surface area contributed by atoms with Crippen molar-refractivity contribution in [1.82, 2.24) is 0 Å². The summed E-state index contributed by atoms with van der Waals surface area (Å²) in [6.45, 7) is 4.45. The highest BCUT2D eigenvalue weighted by Gasteiger charge is 2.16. The molecule has 0 spiro atoms. The minimum Gasteiger partial charge on any atom is -0.494 e. The van der Waals surface area contributed by atoms with Crippen LogP contribution in [0.3, 0.4) is 0 Å². The van der Waals surface area contributed by atoms with E-state index in [2.05, 4.69) is 0 Å². The Morgan fingerprint density at radius 1 is 1.27 bits per heavy atom. The van der Waals surface area contributed by atoms with Gasteiger partial charge in [0.05, 0.1) is 12.8 Å². The Balaban J connectivity index is 2.16. The van der Waals surface area contributed by atoms with Gasteiger partial charge in [0.2, 0.25) is 0 Å². The van der Waals surface area contributed by atoms with E-state index >= 15 is 0 Å². The van der Waals surface area contributed by atoms with Gasteiger partial charge in [0.1, 0.15) is 11.4 Å². The van der Waals surface area contributed by atoms with Crippen LogP contribution in [0.1, 0.15) is 30.0 Å². The smallest absolute Gasteiger partial charge is 0.156 e. The number of carbonyl (C=O) groups excluding carboxylic acids is 1. The summed E-state index contributed by atoms with van der Waals surface area (Å²) in [6, 6.07) is 11.8. The molecule has 0 unspecified atom stereocenters. The molecular weight excluding hydrogens is 326 g/mol. The van der Waals surface area contributed by atoms with Crippen molar-refractivity contribution in [2.45, 2.75) is 26.7 Å². The number of carbonyl (C=O) groups is 1. The van der Waals surface area contributed by atoms with Crippen molar-refractivity contribution in [3.8, 4) is 5.75 Å². The molecule has 0 aliphatic heterocycles. The van der Waals surface area contributed by atoms with Crippen LogP contribution >= 0.6 is 0 Å². The van der Waals surface area contributed by atoms with Gasteiger partial charge in [-0.25, -0.2) is 5.84 Å². The fraction of sp³-hybridized carbons (Fsp3) is 0.286. The van der Waals surface area contributed by atoms with Crippen molar-refractivity contribution in [1.29, 1.82) is 0 Å². The number of allylic oxidation sites excluding steroid dienone is 1. The normalized spacial score (nSPS) is 10.9. The Kier molecular flexibility index (Phi) is 6.81. The van der Waals surface area contributed by atoms with Gasteiger partial charge in [-0.1, -0.05) is 36.4 Å². The summed E-state index contributed by atoms with van der Waals surface area (Å²) in [5.74, 6) is 6.67. The van der Waals surface area contributed by atoms with Crippen molar-refractivity contribution in [3.63, 3.8) is 0 Å². The van der Waals surface area contributed by atoms with Crippen LogP contribution in [0.2, 0.25) is 0 Å². The van der Waals surface area contributed by atoms with Crippen molar-refractivity contribution < 1.29 is 9.53 Å². The number of nitrogens with zero attached hydrogens (tertiary/aromatic N) is 1. The zero-order valence-corrected chi connectivity index (χ0v) is 15.7. The van der Waals surface area contributed by atoms with E-state index in [0.717, 1.165) is 23.1 Å². The molecule has 0 amide bonds. The molecule has 4 N–H and O–H groups in total. The summed E-state index contributed by atoms with van der Waals surface area (Å²) in [6.07, 6.45) is 4.59. The second-order valence-corrected chi connectivity index (χ2v) is 6.13. The lowest BCUT2D eigenvalue weighted by Crippen LogP contribution is -2.31. The maximum absolute atomic E-state index is 12.2. The van der Waals surface area contributed by atoms with E-state index in [1.807, 2.05) is 50.2 Å². The molecule has 2 aromatic carbocycles. The fourth-order valence-corrected chi connectivity index (χ4v) is 2.75. The lowest BCUT2D eigenvalue weighted by Gasteiger charge is -2.23. The van der Waals surface area contributed by atoms with Crippen molar-refractivity contribution in [2.24, 2.45) is 5.84 Å². The summed E-state index contributed by atoms with van der Waals surface area (Å²) in [5, 5.41) is 1.56. The summed E-state index contributed by atoms with van der Waals surface area (Å²) in [7, 11) is 1.58. The number of methoxy groups -OCH3 is 1. The summed E-state index contributed by atoms with van der Waals surface area (Å²) in [4.78, 5) is 12.2. The van der Waals surface area contributed by atoms with Gasteiger partial charge in [-0.05, 0) is 49.1 Å². The van der Waals surface area contributed by atoms with Crippen LogP contribution in [0.25, 0.3) is 6.08 Å². The predicted molar refractivity (Wildman–Crippen MR) is 108 cm³/mol. The Labute approximate surface area is 155 Å². The standard InChI is InChI=1S/C21H27N3O2/c1-4-24(23)21-19(26-3)14-17(15(2)20(21)22)11-13-18(25)12-10-16-8-6-5-7-9-16/h5-9,11,13-14H,4,10,12,22-23H2,1-3H3/b13-11+. The molecular formula is C21H27N3O2. The minimum absolute atomic E-state index is 0.0730. The average Bonchev–Trinajstić information content (AvgIpc) is 2.67. The van der Waals surface area contributed by atoms with Crippen LogP contribution in [-0.4, -0.2) is 19.4 Å². The first-order valence-corrected chi connectivity index (χ1v) is 8.72. The third-order valence-corrected chi connectivity index (χ3v) is 4.41. The highest BCUT2D eigenvalue weighted by atomic mass is 16.5. The van der Waals surface area contributed by atoms with E-state index in [-0.39, 0.29) is 5.78 Å². The number of nitrogen functional groups attached to an aromatic ring is 1. The maximum atomic E-state index is 12.2. The Morgan fingerprint density at radius 3 is 2.58 bits per heavy atom. The number of rotatable bonds is 8. The molecule has 138 valence electrons. The molecule has 5 heteroatoms. The van der Waals surface area contributed by atoms with Crippen LogP contribution in [0.15, 0.2) is 42.5 Å². The van der Waals surface area contributed by atoms with Crippen molar-refractivity contribution in [2.75, 3.05) is 24.4 Å². The zero-order chi connectivity index (χ0) is 19.1. The summed E-state index contributed by atoms with van der Waals surface area (Å²) < 4.78 is 5.44. The van der Waals surface area contributed by atoms with E-state index in [1.54, 1.807) is 24.3 Å². The number of ketones is 1. The SMILES string of the molecule is CCN(N)c1c(OC)cc(/C=C/C(=O)CCc2ccccc2)c(C)c1N. The molecule has 0 aliphatic rings. The Morgan fingerprint density at radius 2 is 1.96 bits per heavy atom. The number of nitrogens with two attached hydrogens (primary N) is 2. The number of benzene rings is 2. The van der Waals surface area contributed by atoms with Gasteiger partial charge in [-0.3, -0.25) is 4.79 Å². The second kappa shape index (κ2) is 9.06. The summed E-state index contributed by atoms with van der Waals surface area (Å²) in [5.41, 5.74) is 10.4. The van der Waals surface area contributed by atoms with E-state index in [1.165, 1.54) is 0 Å². The molecule has 0 saturated carbocycles. The molecule has 0 radical (unpaired) electrons. The van der Waals surface area contributed by atoms with Crippen LogP contribution in [0.5, 0.6) is 5.75 Å². The molecule has 0 heterocycles. The molecule has 2 rings (SSSR count). The largest absolute Gasteiger partial charge is 0.494 e. The zero-order valence-electron chi connectivity index (χ0n) is 15.7. The monoisotopic (exact) mass is 353 g/mol. The van der Waals surface area contributed by atoms with Gasteiger partial charge in [-0.15, -0.1) is 0 Å².